The van der Waals surface area contributed by atoms with Crippen molar-refractivity contribution < 1.29 is 19.4 Å². The molecule has 10 heteroatoms. The minimum atomic E-state index is -0.889. The summed E-state index contributed by atoms with van der Waals surface area (Å²) >= 11 is 6.19. The lowest BCUT2D eigenvalue weighted by Gasteiger charge is -2.22. The number of ketones is 1. The number of hydrogen-bond acceptors (Lipinski definition) is 8. The summed E-state index contributed by atoms with van der Waals surface area (Å²) in [7, 11) is 0. The summed E-state index contributed by atoms with van der Waals surface area (Å²) in [5.74, 6) is -0.524. The number of aromatic nitrogens is 2. The number of Topliss-reactive ketones (excluding diaryl/α,β-unsaturated/α-hetero) is 1. The Morgan fingerprint density at radius 1 is 0.932 bits per heavy atom. The Bertz CT molecular complexity index is 1840. The number of hydrogen-bond donors (Lipinski definition) is 1. The number of carbonyl (C=O) groups excluding carboxylic acids is 2. The molecule has 1 aliphatic heterocycles. The van der Waals surface area contributed by atoms with Crippen LogP contribution in [0.5, 0.6) is 5.75 Å². The van der Waals surface area contributed by atoms with Crippen molar-refractivity contribution in [1.82, 2.24) is 10.2 Å². The number of halogens is 1. The van der Waals surface area contributed by atoms with Gasteiger partial charge < -0.3 is 9.84 Å². The van der Waals surface area contributed by atoms with Crippen molar-refractivity contribution in [3.63, 3.8) is 0 Å². The number of benzene rings is 4. The maximum Gasteiger partial charge on any atom is 0.301 e. The zero-order valence-corrected chi connectivity index (χ0v) is 26.7. The number of amides is 1. The van der Waals surface area contributed by atoms with Gasteiger partial charge in [0.15, 0.2) is 4.34 Å². The average molecular weight is 685 g/mol. The van der Waals surface area contributed by atoms with Crippen molar-refractivity contribution >= 4 is 61.6 Å². The third-order valence-corrected chi connectivity index (χ3v) is 9.88. The Labute approximate surface area is 271 Å². The minimum absolute atomic E-state index is 0.0143. The Morgan fingerprint density at radius 2 is 1.64 bits per heavy atom. The van der Waals surface area contributed by atoms with Crippen LogP contribution >= 0.6 is 39.0 Å². The maximum absolute atomic E-state index is 13.5. The molecule has 1 aromatic heterocycles. The summed E-state index contributed by atoms with van der Waals surface area (Å²) in [6.45, 7) is 2.43. The molecule has 6 rings (SSSR count). The van der Waals surface area contributed by atoms with E-state index in [-0.39, 0.29) is 16.5 Å². The third kappa shape index (κ3) is 6.33. The Hall–Kier alpha value is -4.25. The molecular formula is C34H26BrN3O4S2. The zero-order chi connectivity index (χ0) is 30.6. The fourth-order valence-corrected chi connectivity index (χ4v) is 6.95. The second kappa shape index (κ2) is 13.2. The molecule has 1 aliphatic rings. The van der Waals surface area contributed by atoms with Crippen LogP contribution in [0, 0.1) is 6.92 Å². The fraction of sp³-hybridized carbons (Fsp3) is 0.118. The van der Waals surface area contributed by atoms with Crippen molar-refractivity contribution in [2.24, 2.45) is 0 Å². The maximum atomic E-state index is 13.5. The average Bonchev–Trinajstić information content (AvgIpc) is 3.62. The number of aliphatic hydroxyl groups is 1. The van der Waals surface area contributed by atoms with E-state index in [1.807, 2.05) is 85.8 Å². The van der Waals surface area contributed by atoms with Crippen molar-refractivity contribution in [2.45, 2.75) is 29.7 Å². The van der Waals surface area contributed by atoms with Crippen molar-refractivity contribution in [3.05, 3.63) is 141 Å². The first kappa shape index (κ1) is 29.8. The first-order valence-electron chi connectivity index (χ1n) is 13.7. The summed E-state index contributed by atoms with van der Waals surface area (Å²) in [6, 6.07) is 31.2. The highest BCUT2D eigenvalue weighted by atomic mass is 79.9. The molecule has 1 unspecified atom stereocenters. The summed E-state index contributed by atoms with van der Waals surface area (Å²) in [5, 5.41) is 20.4. The first-order chi connectivity index (χ1) is 21.4. The molecule has 44 heavy (non-hydrogen) atoms. The Kier molecular flexibility index (Phi) is 8.92. The molecule has 0 spiro atoms. The van der Waals surface area contributed by atoms with E-state index in [2.05, 4.69) is 26.1 Å². The van der Waals surface area contributed by atoms with Gasteiger partial charge in [-0.2, -0.15) is 0 Å². The second-order valence-electron chi connectivity index (χ2n) is 10.1. The molecule has 0 aliphatic carbocycles. The van der Waals surface area contributed by atoms with Gasteiger partial charge in [0.2, 0.25) is 5.13 Å². The molecule has 220 valence electrons. The molecule has 1 atom stereocenters. The van der Waals surface area contributed by atoms with Gasteiger partial charge in [-0.1, -0.05) is 106 Å². The summed E-state index contributed by atoms with van der Waals surface area (Å²) < 4.78 is 7.46. The fourth-order valence-electron chi connectivity index (χ4n) is 4.87. The number of nitrogens with zero attached hydrogens (tertiary/aromatic N) is 3. The lowest BCUT2D eigenvalue weighted by Crippen LogP contribution is -2.29. The lowest BCUT2D eigenvalue weighted by atomic mass is 9.95. The molecule has 1 amide bonds. The summed E-state index contributed by atoms with van der Waals surface area (Å²) in [4.78, 5) is 28.4. The number of aryl methyl sites for hydroxylation is 1. The molecule has 1 fully saturated rings. The topological polar surface area (TPSA) is 92.6 Å². The van der Waals surface area contributed by atoms with Crippen molar-refractivity contribution in [2.75, 3.05) is 4.90 Å². The monoisotopic (exact) mass is 683 g/mol. The molecular weight excluding hydrogens is 658 g/mol. The van der Waals surface area contributed by atoms with Gasteiger partial charge in [0, 0.05) is 15.8 Å². The first-order valence-corrected chi connectivity index (χ1v) is 16.3. The number of rotatable bonds is 9. The number of carbonyl (C=O) groups is 2. The Balaban J connectivity index is 1.30. The van der Waals surface area contributed by atoms with Crippen molar-refractivity contribution in [1.29, 1.82) is 0 Å². The standard InChI is InChI=1S/C34H26BrN3O4S2/c1-21-7-5-6-10-25(21)19-42-27-17-13-24(14-18-27)30(39)28-29(23-11-15-26(35)16-12-23)38(32(41)31(28)40)33-36-37-34(44-33)43-20-22-8-3-2-4-9-22/h2-18,29,39H,19-20H2,1H3/b30-28+. The predicted octanol–water partition coefficient (Wildman–Crippen LogP) is 8.11. The summed E-state index contributed by atoms with van der Waals surface area (Å²) in [5.41, 5.74) is 4.38. The van der Waals surface area contributed by atoms with E-state index in [0.717, 1.165) is 21.2 Å². The van der Waals surface area contributed by atoms with E-state index >= 15 is 0 Å². The lowest BCUT2D eigenvalue weighted by molar-refractivity contribution is -0.132. The molecule has 1 saturated heterocycles. The van der Waals surface area contributed by atoms with E-state index in [1.54, 1.807) is 24.3 Å². The SMILES string of the molecule is Cc1ccccc1COc1ccc(/C(O)=C2\C(=O)C(=O)N(c3nnc(SCc4ccccc4)s3)C2c2ccc(Br)cc2)cc1. The highest BCUT2D eigenvalue weighted by Crippen LogP contribution is 2.44. The van der Waals surface area contributed by atoms with Gasteiger partial charge in [-0.3, -0.25) is 14.5 Å². The highest BCUT2D eigenvalue weighted by Gasteiger charge is 2.48. The highest BCUT2D eigenvalue weighted by molar-refractivity contribution is 9.10. The van der Waals surface area contributed by atoms with Gasteiger partial charge in [0.1, 0.15) is 18.1 Å². The Morgan fingerprint density at radius 3 is 2.36 bits per heavy atom. The zero-order valence-electron chi connectivity index (χ0n) is 23.5. The normalized spacial score (nSPS) is 16.0. The molecule has 1 N–H and O–H groups in total. The smallest absolute Gasteiger partial charge is 0.301 e. The molecule has 4 aromatic carbocycles. The van der Waals surface area contributed by atoms with Gasteiger partial charge in [-0.05, 0) is 65.6 Å². The van der Waals surface area contributed by atoms with E-state index in [4.69, 9.17) is 4.74 Å². The molecule has 0 saturated carbocycles. The number of aliphatic hydroxyl groups excluding tert-OH is 1. The number of thioether (sulfide) groups is 1. The number of ether oxygens (including phenoxy) is 1. The van der Waals surface area contributed by atoms with E-state index < -0.39 is 17.7 Å². The van der Waals surface area contributed by atoms with Crippen LogP contribution < -0.4 is 9.64 Å². The van der Waals surface area contributed by atoms with Gasteiger partial charge in [-0.25, -0.2) is 0 Å². The third-order valence-electron chi connectivity index (χ3n) is 7.22. The molecule has 5 aromatic rings. The van der Waals surface area contributed by atoms with Gasteiger partial charge in [-0.15, -0.1) is 10.2 Å². The number of anilines is 1. The van der Waals surface area contributed by atoms with E-state index in [9.17, 15) is 14.7 Å². The van der Waals surface area contributed by atoms with E-state index in [1.165, 1.54) is 28.0 Å². The minimum Gasteiger partial charge on any atom is -0.507 e. The van der Waals surface area contributed by atoms with Crippen LogP contribution in [0.15, 0.2) is 118 Å². The molecule has 0 bridgehead atoms. The predicted molar refractivity (Wildman–Crippen MR) is 177 cm³/mol. The quantitative estimate of drug-likeness (QED) is 0.0552. The van der Waals surface area contributed by atoms with Gasteiger partial charge in [0.05, 0.1) is 11.6 Å². The van der Waals surface area contributed by atoms with Crippen LogP contribution in [0.25, 0.3) is 5.76 Å². The van der Waals surface area contributed by atoms with Crippen LogP contribution in [0.3, 0.4) is 0 Å². The van der Waals surface area contributed by atoms with Gasteiger partial charge in [0.25, 0.3) is 5.78 Å². The van der Waals surface area contributed by atoms with Crippen LogP contribution in [0.2, 0.25) is 0 Å². The van der Waals surface area contributed by atoms with Crippen molar-refractivity contribution in [3.8, 4) is 5.75 Å². The second-order valence-corrected chi connectivity index (χ2v) is 13.2. The van der Waals surface area contributed by atoms with Crippen LogP contribution in [-0.2, 0) is 21.9 Å². The van der Waals surface area contributed by atoms with Crippen LogP contribution in [0.4, 0.5) is 5.13 Å². The van der Waals surface area contributed by atoms with E-state index in [0.29, 0.717) is 33.6 Å². The van der Waals surface area contributed by atoms with Crippen LogP contribution in [0.1, 0.15) is 33.9 Å². The summed E-state index contributed by atoms with van der Waals surface area (Å²) in [6.07, 6.45) is 0. The van der Waals surface area contributed by atoms with Crippen LogP contribution in [-0.4, -0.2) is 27.0 Å². The molecule has 0 radical (unpaired) electrons. The van der Waals surface area contributed by atoms with Gasteiger partial charge >= 0.3 is 5.91 Å². The molecule has 2 heterocycles. The largest absolute Gasteiger partial charge is 0.507 e. The molecule has 7 nitrogen and oxygen atoms in total.